The minimum atomic E-state index is -1.15. The Bertz CT molecular complexity index is 553. The zero-order chi connectivity index (χ0) is 14.3. The van der Waals surface area contributed by atoms with Crippen molar-refractivity contribution in [3.05, 3.63) is 33.9 Å². The van der Waals surface area contributed by atoms with Gasteiger partial charge in [0.25, 0.3) is 0 Å². The number of nitrogens with zero attached hydrogens (tertiary/aromatic N) is 2. The van der Waals surface area contributed by atoms with Crippen molar-refractivity contribution in [2.75, 3.05) is 18.4 Å². The maximum absolute atomic E-state index is 13.8. The number of fused-ring (bicyclic) bond motifs is 1. The molecule has 1 aromatic rings. The fraction of sp³-hybridized carbons (Fsp3) is 0.538. The number of hydrogen-bond donors (Lipinski definition) is 1. The van der Waals surface area contributed by atoms with Gasteiger partial charge in [-0.1, -0.05) is 0 Å². The zero-order valence-corrected chi connectivity index (χ0v) is 10.8. The molecule has 2 aliphatic heterocycles. The Balaban J connectivity index is 1.83. The van der Waals surface area contributed by atoms with Crippen LogP contribution in [0, 0.1) is 21.7 Å². The molecule has 2 unspecified atom stereocenters. The van der Waals surface area contributed by atoms with Crippen molar-refractivity contribution in [2.45, 2.75) is 31.3 Å². The molecule has 1 aromatic carbocycles. The Morgan fingerprint density at radius 2 is 2.05 bits per heavy atom. The smallest absolute Gasteiger partial charge is 0.307 e. The monoisotopic (exact) mass is 283 g/mol. The third-order valence-corrected chi connectivity index (χ3v) is 4.18. The van der Waals surface area contributed by atoms with Gasteiger partial charge in [-0.15, -0.1) is 0 Å². The molecule has 0 aliphatic carbocycles. The Morgan fingerprint density at radius 3 is 2.80 bits per heavy atom. The van der Waals surface area contributed by atoms with E-state index in [4.69, 9.17) is 0 Å². The summed E-state index contributed by atoms with van der Waals surface area (Å²) in [5, 5.41) is 13.7. The predicted octanol–water partition coefficient (Wildman–Crippen LogP) is 2.52. The van der Waals surface area contributed by atoms with Crippen LogP contribution in [0.15, 0.2) is 12.1 Å². The van der Waals surface area contributed by atoms with Crippen LogP contribution in [0.25, 0.3) is 0 Å². The lowest BCUT2D eigenvalue weighted by Gasteiger charge is -2.22. The van der Waals surface area contributed by atoms with Crippen molar-refractivity contribution in [3.63, 3.8) is 0 Å². The summed E-state index contributed by atoms with van der Waals surface area (Å²) in [7, 11) is 0. The second-order valence-electron chi connectivity index (χ2n) is 5.33. The molecule has 108 valence electrons. The molecule has 20 heavy (non-hydrogen) atoms. The molecule has 2 heterocycles. The highest BCUT2D eigenvalue weighted by atomic mass is 19.1. The maximum atomic E-state index is 13.8. The van der Waals surface area contributed by atoms with E-state index in [1.807, 2.05) is 0 Å². The van der Waals surface area contributed by atoms with Gasteiger partial charge in [-0.05, 0) is 25.8 Å². The molecule has 1 N–H and O–H groups in total. The van der Waals surface area contributed by atoms with Crippen molar-refractivity contribution in [2.24, 2.45) is 0 Å². The van der Waals surface area contributed by atoms with Crippen LogP contribution in [0.1, 0.15) is 19.3 Å². The molecule has 5 nitrogen and oxygen atoms in total. The third-order valence-electron chi connectivity index (χ3n) is 4.18. The summed E-state index contributed by atoms with van der Waals surface area (Å²) < 4.78 is 27.0. The molecule has 0 aromatic heterocycles. The number of rotatable bonds is 3. The summed E-state index contributed by atoms with van der Waals surface area (Å²) in [6.45, 7) is 2.00. The summed E-state index contributed by atoms with van der Waals surface area (Å²) >= 11 is 0. The van der Waals surface area contributed by atoms with Crippen molar-refractivity contribution >= 4 is 11.4 Å². The number of nitro groups is 1. The molecule has 0 amide bonds. The molecule has 2 saturated heterocycles. The SMILES string of the molecule is O=[N+]([O-])c1cc(NC2CCN3CCCC23)c(F)cc1F. The quantitative estimate of drug-likeness (QED) is 0.684. The van der Waals surface area contributed by atoms with Crippen LogP contribution in [0.2, 0.25) is 0 Å². The van der Waals surface area contributed by atoms with Gasteiger partial charge in [0.1, 0.15) is 5.82 Å². The lowest BCUT2D eigenvalue weighted by atomic mass is 10.1. The zero-order valence-electron chi connectivity index (χ0n) is 10.8. The molecule has 0 saturated carbocycles. The van der Waals surface area contributed by atoms with Gasteiger partial charge < -0.3 is 5.32 Å². The highest BCUT2D eigenvalue weighted by Crippen LogP contribution is 2.32. The molecule has 0 spiro atoms. The molecule has 2 atom stereocenters. The molecular weight excluding hydrogens is 268 g/mol. The molecule has 2 aliphatic rings. The van der Waals surface area contributed by atoms with E-state index in [-0.39, 0.29) is 11.7 Å². The van der Waals surface area contributed by atoms with Gasteiger partial charge >= 0.3 is 5.69 Å². The van der Waals surface area contributed by atoms with E-state index >= 15 is 0 Å². The van der Waals surface area contributed by atoms with Gasteiger partial charge in [-0.25, -0.2) is 4.39 Å². The summed E-state index contributed by atoms with van der Waals surface area (Å²) in [6.07, 6.45) is 3.03. The number of anilines is 1. The summed E-state index contributed by atoms with van der Waals surface area (Å²) in [5.41, 5.74) is -0.688. The van der Waals surface area contributed by atoms with E-state index in [2.05, 4.69) is 10.2 Å². The molecule has 2 fully saturated rings. The standard InChI is InChI=1S/C13H15F2N3O2/c14-8-6-9(15)13(18(19)20)7-11(8)16-10-3-5-17-4-1-2-12(10)17/h6-7,10,12,16H,1-5H2. The van der Waals surface area contributed by atoms with E-state index in [1.54, 1.807) is 0 Å². The fourth-order valence-corrected chi connectivity index (χ4v) is 3.24. The Kier molecular flexibility index (Phi) is 3.29. The second-order valence-corrected chi connectivity index (χ2v) is 5.33. The number of nitrogens with one attached hydrogen (secondary N) is 1. The van der Waals surface area contributed by atoms with E-state index < -0.39 is 22.2 Å². The minimum absolute atomic E-state index is 0.0110. The first kappa shape index (κ1) is 13.2. The number of halogens is 2. The van der Waals surface area contributed by atoms with Crippen LogP contribution >= 0.6 is 0 Å². The van der Waals surface area contributed by atoms with Gasteiger partial charge in [0.15, 0.2) is 0 Å². The van der Waals surface area contributed by atoms with Crippen LogP contribution < -0.4 is 5.32 Å². The average Bonchev–Trinajstić information content (AvgIpc) is 2.96. The van der Waals surface area contributed by atoms with Gasteiger partial charge in [0, 0.05) is 30.8 Å². The molecule has 7 heteroatoms. The van der Waals surface area contributed by atoms with Crippen molar-refractivity contribution in [3.8, 4) is 0 Å². The summed E-state index contributed by atoms with van der Waals surface area (Å²) in [5.74, 6) is -1.93. The fourth-order valence-electron chi connectivity index (χ4n) is 3.24. The van der Waals surface area contributed by atoms with E-state index in [9.17, 15) is 18.9 Å². The molecule has 0 bridgehead atoms. The summed E-state index contributed by atoms with van der Waals surface area (Å²) in [4.78, 5) is 12.2. The van der Waals surface area contributed by atoms with Gasteiger partial charge in [0.2, 0.25) is 5.82 Å². The second kappa shape index (κ2) is 4.97. The summed E-state index contributed by atoms with van der Waals surface area (Å²) in [6, 6.07) is 1.93. The Morgan fingerprint density at radius 1 is 1.25 bits per heavy atom. The first-order chi connectivity index (χ1) is 9.56. The Hall–Kier alpha value is -1.76. The number of hydrogen-bond acceptors (Lipinski definition) is 4. The normalized spacial score (nSPS) is 25.7. The van der Waals surface area contributed by atoms with Crippen molar-refractivity contribution < 1.29 is 13.7 Å². The van der Waals surface area contributed by atoms with Crippen LogP contribution in [-0.4, -0.2) is 35.0 Å². The van der Waals surface area contributed by atoms with Crippen molar-refractivity contribution in [1.82, 2.24) is 4.90 Å². The number of nitro benzene ring substituents is 1. The molecular formula is C13H15F2N3O2. The van der Waals surface area contributed by atoms with Gasteiger partial charge in [-0.3, -0.25) is 15.0 Å². The Labute approximate surface area is 114 Å². The average molecular weight is 283 g/mol. The van der Waals surface area contributed by atoms with Gasteiger partial charge in [0.05, 0.1) is 10.6 Å². The topological polar surface area (TPSA) is 58.4 Å². The minimum Gasteiger partial charge on any atom is -0.378 e. The maximum Gasteiger partial charge on any atom is 0.307 e. The van der Waals surface area contributed by atoms with E-state index in [0.717, 1.165) is 38.4 Å². The first-order valence-electron chi connectivity index (χ1n) is 6.70. The first-order valence-corrected chi connectivity index (χ1v) is 6.70. The van der Waals surface area contributed by atoms with Crippen LogP contribution in [0.3, 0.4) is 0 Å². The lowest BCUT2D eigenvalue weighted by Crippen LogP contribution is -2.34. The van der Waals surface area contributed by atoms with E-state index in [0.29, 0.717) is 12.1 Å². The highest BCUT2D eigenvalue weighted by Gasteiger charge is 2.37. The van der Waals surface area contributed by atoms with Crippen LogP contribution in [0.4, 0.5) is 20.2 Å². The number of benzene rings is 1. The largest absolute Gasteiger partial charge is 0.378 e. The third kappa shape index (κ3) is 2.22. The lowest BCUT2D eigenvalue weighted by molar-refractivity contribution is -0.387. The molecule has 0 radical (unpaired) electrons. The van der Waals surface area contributed by atoms with Crippen LogP contribution in [0.5, 0.6) is 0 Å². The molecule has 3 rings (SSSR count). The van der Waals surface area contributed by atoms with Gasteiger partial charge in [-0.2, -0.15) is 4.39 Å². The van der Waals surface area contributed by atoms with Crippen LogP contribution in [-0.2, 0) is 0 Å². The predicted molar refractivity (Wildman–Crippen MR) is 69.6 cm³/mol. The van der Waals surface area contributed by atoms with Crippen molar-refractivity contribution in [1.29, 1.82) is 0 Å². The highest BCUT2D eigenvalue weighted by molar-refractivity contribution is 5.54. The van der Waals surface area contributed by atoms with E-state index in [1.165, 1.54) is 0 Å².